The number of ketones is 1. The van der Waals surface area contributed by atoms with Crippen LogP contribution in [0.3, 0.4) is 0 Å². The van der Waals surface area contributed by atoms with Crippen molar-refractivity contribution in [3.8, 4) is 0 Å². The molecule has 0 unspecified atom stereocenters. The number of hydrogen-bond acceptors (Lipinski definition) is 5. The van der Waals surface area contributed by atoms with E-state index in [9.17, 15) is 14.7 Å². The predicted octanol–water partition coefficient (Wildman–Crippen LogP) is 2.95. The number of rotatable bonds is 5. The molecule has 7 nitrogen and oxygen atoms in total. The fourth-order valence-corrected chi connectivity index (χ4v) is 3.65. The van der Waals surface area contributed by atoms with Gasteiger partial charge < -0.3 is 20.1 Å². The molecule has 0 radical (unpaired) electrons. The van der Waals surface area contributed by atoms with Gasteiger partial charge in [-0.05, 0) is 30.2 Å². The molecule has 2 aromatic heterocycles. The Kier molecular flexibility index (Phi) is 3.94. The quantitative estimate of drug-likeness (QED) is 0.459. The number of carboxylic acid groups (broad SMARTS) is 1. The van der Waals surface area contributed by atoms with Crippen molar-refractivity contribution in [3.05, 3.63) is 83.2 Å². The Balaban J connectivity index is 1.40. The number of pyridine rings is 1. The number of aliphatic carboxylic acids is 1. The lowest BCUT2D eigenvalue weighted by Gasteiger charge is -2.08. The molecule has 0 spiro atoms. The molecule has 1 saturated carbocycles. The minimum Gasteiger partial charge on any atom is -0.477 e. The van der Waals surface area contributed by atoms with E-state index in [0.717, 1.165) is 11.8 Å². The first kappa shape index (κ1) is 17.2. The standard InChI is InChI=1S/C22H17N3O4/c26-19-17(9-13-11-24-20-14(13)7-4-8-23-20)29-21(18(19)22(27)28)25-16-10-15(16)12-5-2-1-3-6-12/h1-9,11,15-16,25H,10H2,(H,23,24)(H,27,28)/b17-9-/t15-,16+/m0/s1. The van der Waals surface area contributed by atoms with E-state index in [4.69, 9.17) is 4.74 Å². The average molecular weight is 387 g/mol. The number of benzene rings is 1. The van der Waals surface area contributed by atoms with Gasteiger partial charge in [0, 0.05) is 35.3 Å². The number of ether oxygens (including phenoxy) is 1. The second-order valence-corrected chi connectivity index (χ2v) is 7.10. The molecule has 0 amide bonds. The van der Waals surface area contributed by atoms with Gasteiger partial charge in [0.2, 0.25) is 11.7 Å². The number of H-pyrrole nitrogens is 1. The maximum absolute atomic E-state index is 12.7. The number of nitrogens with one attached hydrogen (secondary N) is 2. The van der Waals surface area contributed by atoms with Crippen LogP contribution in [0.2, 0.25) is 0 Å². The molecule has 7 heteroatoms. The van der Waals surface area contributed by atoms with Crippen molar-refractivity contribution in [3.63, 3.8) is 0 Å². The number of fused-ring (bicyclic) bond motifs is 1. The van der Waals surface area contributed by atoms with E-state index >= 15 is 0 Å². The predicted molar refractivity (Wildman–Crippen MR) is 106 cm³/mol. The van der Waals surface area contributed by atoms with Crippen LogP contribution in [0.1, 0.15) is 23.5 Å². The Morgan fingerprint density at radius 3 is 2.86 bits per heavy atom. The number of aromatic amines is 1. The molecule has 0 saturated heterocycles. The maximum Gasteiger partial charge on any atom is 0.345 e. The Bertz CT molecular complexity index is 1190. The van der Waals surface area contributed by atoms with Crippen LogP contribution in [0.5, 0.6) is 0 Å². The van der Waals surface area contributed by atoms with Crippen LogP contribution >= 0.6 is 0 Å². The summed E-state index contributed by atoms with van der Waals surface area (Å²) in [6.45, 7) is 0. The molecule has 2 atom stereocenters. The molecule has 1 aromatic carbocycles. The largest absolute Gasteiger partial charge is 0.477 e. The van der Waals surface area contributed by atoms with Gasteiger partial charge in [-0.25, -0.2) is 9.78 Å². The Morgan fingerprint density at radius 2 is 2.07 bits per heavy atom. The molecule has 144 valence electrons. The first-order valence-corrected chi connectivity index (χ1v) is 9.27. The molecule has 29 heavy (non-hydrogen) atoms. The second-order valence-electron chi connectivity index (χ2n) is 7.10. The van der Waals surface area contributed by atoms with E-state index in [1.54, 1.807) is 24.5 Å². The van der Waals surface area contributed by atoms with Crippen LogP contribution in [-0.4, -0.2) is 32.9 Å². The summed E-state index contributed by atoms with van der Waals surface area (Å²) >= 11 is 0. The molecule has 3 heterocycles. The highest BCUT2D eigenvalue weighted by Crippen LogP contribution is 2.42. The molecule has 3 N–H and O–H groups in total. The summed E-state index contributed by atoms with van der Waals surface area (Å²) < 4.78 is 5.67. The van der Waals surface area contributed by atoms with E-state index in [2.05, 4.69) is 15.3 Å². The number of carboxylic acids is 1. The van der Waals surface area contributed by atoms with Gasteiger partial charge in [0.15, 0.2) is 11.3 Å². The molecule has 5 rings (SSSR count). The van der Waals surface area contributed by atoms with E-state index in [1.165, 1.54) is 5.56 Å². The maximum atomic E-state index is 12.7. The second kappa shape index (κ2) is 6.63. The molecule has 0 bridgehead atoms. The number of carbonyl (C=O) groups excluding carboxylic acids is 1. The van der Waals surface area contributed by atoms with Gasteiger partial charge >= 0.3 is 5.97 Å². The minimum absolute atomic E-state index is 0.00940. The first-order valence-electron chi connectivity index (χ1n) is 9.27. The molecule has 3 aromatic rings. The Morgan fingerprint density at radius 1 is 1.24 bits per heavy atom. The summed E-state index contributed by atoms with van der Waals surface area (Å²) in [7, 11) is 0. The Labute approximate surface area is 165 Å². The zero-order valence-electron chi connectivity index (χ0n) is 15.3. The number of allylic oxidation sites excluding steroid dienone is 1. The van der Waals surface area contributed by atoms with E-state index < -0.39 is 11.8 Å². The smallest absolute Gasteiger partial charge is 0.345 e. The van der Waals surface area contributed by atoms with E-state index in [1.807, 2.05) is 36.4 Å². The Hall–Kier alpha value is -3.87. The van der Waals surface area contributed by atoms with Gasteiger partial charge in [-0.2, -0.15) is 0 Å². The van der Waals surface area contributed by atoms with Crippen LogP contribution in [-0.2, 0) is 14.3 Å². The van der Waals surface area contributed by atoms with Crippen molar-refractivity contribution in [2.75, 3.05) is 0 Å². The summed E-state index contributed by atoms with van der Waals surface area (Å²) in [6, 6.07) is 13.7. The zero-order valence-corrected chi connectivity index (χ0v) is 15.3. The lowest BCUT2D eigenvalue weighted by Crippen LogP contribution is -2.21. The van der Waals surface area contributed by atoms with Crippen molar-refractivity contribution >= 4 is 28.9 Å². The number of aromatic nitrogens is 2. The van der Waals surface area contributed by atoms with Gasteiger partial charge in [0.25, 0.3) is 0 Å². The van der Waals surface area contributed by atoms with Crippen molar-refractivity contribution in [1.29, 1.82) is 0 Å². The van der Waals surface area contributed by atoms with Gasteiger partial charge in [-0.3, -0.25) is 4.79 Å². The van der Waals surface area contributed by atoms with E-state index in [0.29, 0.717) is 11.2 Å². The monoisotopic (exact) mass is 387 g/mol. The fraction of sp³-hybridized carbons (Fsp3) is 0.136. The van der Waals surface area contributed by atoms with Crippen LogP contribution in [0.25, 0.3) is 17.1 Å². The highest BCUT2D eigenvalue weighted by Gasteiger charge is 2.43. The lowest BCUT2D eigenvalue weighted by atomic mass is 10.1. The summed E-state index contributed by atoms with van der Waals surface area (Å²) in [6.07, 6.45) is 5.77. The van der Waals surface area contributed by atoms with E-state index in [-0.39, 0.29) is 29.2 Å². The van der Waals surface area contributed by atoms with Gasteiger partial charge in [-0.1, -0.05) is 30.3 Å². The average Bonchev–Trinajstić information content (AvgIpc) is 3.27. The van der Waals surface area contributed by atoms with Crippen LogP contribution in [0.4, 0.5) is 0 Å². The third-order valence-corrected chi connectivity index (χ3v) is 5.21. The fourth-order valence-electron chi connectivity index (χ4n) is 3.65. The topological polar surface area (TPSA) is 104 Å². The number of nitrogens with zero attached hydrogens (tertiary/aromatic N) is 1. The normalized spacial score (nSPS) is 22.2. The minimum atomic E-state index is -1.31. The van der Waals surface area contributed by atoms with Gasteiger partial charge in [-0.15, -0.1) is 0 Å². The number of Topliss-reactive ketones (excluding diaryl/α,β-unsaturated/α-hetero) is 1. The van der Waals surface area contributed by atoms with Crippen LogP contribution in [0.15, 0.2) is 72.1 Å². The third kappa shape index (κ3) is 3.06. The summed E-state index contributed by atoms with van der Waals surface area (Å²) in [5.41, 5.74) is 2.19. The third-order valence-electron chi connectivity index (χ3n) is 5.21. The summed E-state index contributed by atoms with van der Waals surface area (Å²) in [5, 5.41) is 13.5. The van der Waals surface area contributed by atoms with Crippen LogP contribution < -0.4 is 5.32 Å². The van der Waals surface area contributed by atoms with Gasteiger partial charge in [0.1, 0.15) is 5.65 Å². The first-order chi connectivity index (χ1) is 14.1. The number of carbonyl (C=O) groups is 2. The summed E-state index contributed by atoms with van der Waals surface area (Å²) in [5.74, 6) is -1.69. The highest BCUT2D eigenvalue weighted by atomic mass is 16.5. The van der Waals surface area contributed by atoms with Crippen molar-refractivity contribution in [2.45, 2.75) is 18.4 Å². The molecule has 1 fully saturated rings. The zero-order chi connectivity index (χ0) is 20.0. The molecular weight excluding hydrogens is 370 g/mol. The van der Waals surface area contributed by atoms with Crippen molar-refractivity contribution in [1.82, 2.24) is 15.3 Å². The molecular formula is C22H17N3O4. The molecule has 1 aliphatic heterocycles. The van der Waals surface area contributed by atoms with Gasteiger partial charge in [0.05, 0.1) is 0 Å². The SMILES string of the molecule is O=C(O)C1=C(N[C@@H]2C[C@H]2c2ccccc2)O/C(=C\c2c[nH]c3ncccc23)C1=O. The van der Waals surface area contributed by atoms with Crippen molar-refractivity contribution in [2.24, 2.45) is 0 Å². The van der Waals surface area contributed by atoms with Crippen LogP contribution in [0, 0.1) is 0 Å². The molecule has 2 aliphatic rings. The molecule has 1 aliphatic carbocycles. The summed E-state index contributed by atoms with van der Waals surface area (Å²) in [4.78, 5) is 31.6. The number of hydrogen-bond donors (Lipinski definition) is 3. The van der Waals surface area contributed by atoms with Crippen molar-refractivity contribution < 1.29 is 19.4 Å². The lowest BCUT2D eigenvalue weighted by molar-refractivity contribution is -0.134. The highest BCUT2D eigenvalue weighted by molar-refractivity contribution is 6.26.